The van der Waals surface area contributed by atoms with Crippen LogP contribution in [0, 0.1) is 31.6 Å². The summed E-state index contributed by atoms with van der Waals surface area (Å²) in [4.78, 5) is 19.9. The Kier molecular flexibility index (Phi) is 2.91. The Hall–Kier alpha value is -3.28. The van der Waals surface area contributed by atoms with Crippen LogP contribution in [0.25, 0.3) is 5.69 Å². The average Bonchev–Trinajstić information content (AvgIpc) is 2.87. The van der Waals surface area contributed by atoms with Gasteiger partial charge in [-0.15, -0.1) is 0 Å². The molecule has 0 amide bonds. The van der Waals surface area contributed by atoms with Gasteiger partial charge < -0.3 is 0 Å². The van der Waals surface area contributed by atoms with E-state index >= 15 is 0 Å². The largest absolute Gasteiger partial charge is 0.307 e. The van der Waals surface area contributed by atoms with Gasteiger partial charge in [0.15, 0.2) is 0 Å². The molecule has 0 saturated heterocycles. The summed E-state index contributed by atoms with van der Waals surface area (Å²) in [6.07, 6.45) is 2.20. The Labute approximate surface area is 105 Å². The van der Waals surface area contributed by atoms with Gasteiger partial charge in [0.1, 0.15) is 24.0 Å². The van der Waals surface area contributed by atoms with Crippen LogP contribution < -0.4 is 0 Å². The number of hydrogen-bond acceptors (Lipinski definition) is 6. The van der Waals surface area contributed by atoms with Gasteiger partial charge in [-0.2, -0.15) is 10.4 Å². The highest BCUT2D eigenvalue weighted by atomic mass is 16.6. The summed E-state index contributed by atoms with van der Waals surface area (Å²) in [5.41, 5.74) is -0.347. The minimum atomic E-state index is -0.673. The molecular formula is C10H5N5O4. The van der Waals surface area contributed by atoms with Crippen molar-refractivity contribution in [3.8, 4) is 11.8 Å². The highest BCUT2D eigenvalue weighted by Crippen LogP contribution is 2.22. The maximum Gasteiger partial charge on any atom is 0.307 e. The molecule has 0 radical (unpaired) electrons. The number of hydrogen-bond donors (Lipinski definition) is 0. The predicted octanol–water partition coefficient (Wildman–Crippen LogP) is 1.56. The third-order valence-electron chi connectivity index (χ3n) is 2.34. The van der Waals surface area contributed by atoms with E-state index in [1.807, 2.05) is 0 Å². The van der Waals surface area contributed by atoms with Crippen LogP contribution in [-0.2, 0) is 0 Å². The van der Waals surface area contributed by atoms with E-state index in [-0.39, 0.29) is 16.9 Å². The molecule has 9 nitrogen and oxygen atoms in total. The standard InChI is InChI=1S/C10H5N5O4/c11-4-7-3-8(1-2-10(7)15(18)19)13-6-9(5-12-13)14(16)17/h1-3,5-6H. The molecule has 0 aliphatic rings. The number of nitriles is 1. The van der Waals surface area contributed by atoms with Gasteiger partial charge >= 0.3 is 5.69 Å². The Morgan fingerprint density at radius 2 is 2.00 bits per heavy atom. The predicted molar refractivity (Wildman–Crippen MR) is 61.6 cm³/mol. The lowest BCUT2D eigenvalue weighted by Gasteiger charge is -2.01. The normalized spacial score (nSPS) is 9.84. The second-order valence-corrected chi connectivity index (χ2v) is 3.47. The summed E-state index contributed by atoms with van der Waals surface area (Å²) in [7, 11) is 0. The zero-order valence-electron chi connectivity index (χ0n) is 9.26. The third-order valence-corrected chi connectivity index (χ3v) is 2.34. The molecule has 94 valence electrons. The van der Waals surface area contributed by atoms with Crippen LogP contribution in [0.4, 0.5) is 11.4 Å². The van der Waals surface area contributed by atoms with Crippen molar-refractivity contribution in [3.63, 3.8) is 0 Å². The fourth-order valence-electron chi connectivity index (χ4n) is 1.46. The van der Waals surface area contributed by atoms with Crippen LogP contribution in [0.1, 0.15) is 5.56 Å². The Bertz CT molecular complexity index is 715. The lowest BCUT2D eigenvalue weighted by molar-refractivity contribution is -0.385. The molecule has 0 atom stereocenters. The number of benzene rings is 1. The zero-order valence-corrected chi connectivity index (χ0v) is 9.26. The molecule has 0 unspecified atom stereocenters. The molecule has 1 aromatic heterocycles. The molecule has 1 aromatic carbocycles. The van der Waals surface area contributed by atoms with Crippen LogP contribution in [0.5, 0.6) is 0 Å². The summed E-state index contributed by atoms with van der Waals surface area (Å²) >= 11 is 0. The monoisotopic (exact) mass is 259 g/mol. The molecule has 0 aliphatic carbocycles. The van der Waals surface area contributed by atoms with Gasteiger partial charge in [0.05, 0.1) is 15.5 Å². The van der Waals surface area contributed by atoms with Gasteiger partial charge in [0.2, 0.25) is 0 Å². The van der Waals surface area contributed by atoms with Crippen molar-refractivity contribution in [2.24, 2.45) is 0 Å². The molecule has 2 rings (SSSR count). The molecule has 0 aliphatic heterocycles. The minimum Gasteiger partial charge on any atom is -0.258 e. The first-order valence-corrected chi connectivity index (χ1v) is 4.91. The number of aromatic nitrogens is 2. The van der Waals surface area contributed by atoms with Crippen LogP contribution in [0.15, 0.2) is 30.6 Å². The van der Waals surface area contributed by atoms with Gasteiger partial charge in [-0.1, -0.05) is 0 Å². The molecule has 1 heterocycles. The highest BCUT2D eigenvalue weighted by Gasteiger charge is 2.16. The van der Waals surface area contributed by atoms with Crippen molar-refractivity contribution < 1.29 is 9.85 Å². The molecule has 0 saturated carbocycles. The number of rotatable bonds is 3. The maximum absolute atomic E-state index is 10.7. The summed E-state index contributed by atoms with van der Waals surface area (Å²) in [5.74, 6) is 0. The summed E-state index contributed by atoms with van der Waals surface area (Å²) in [6.45, 7) is 0. The second-order valence-electron chi connectivity index (χ2n) is 3.47. The van der Waals surface area contributed by atoms with Crippen LogP contribution in [0.3, 0.4) is 0 Å². The van der Waals surface area contributed by atoms with Crippen LogP contribution in [0.2, 0.25) is 0 Å². The quantitative estimate of drug-likeness (QED) is 0.607. The van der Waals surface area contributed by atoms with Crippen molar-refractivity contribution in [1.29, 1.82) is 5.26 Å². The minimum absolute atomic E-state index is 0.138. The summed E-state index contributed by atoms with van der Waals surface area (Å²) in [5, 5.41) is 33.8. The molecule has 19 heavy (non-hydrogen) atoms. The van der Waals surface area contributed by atoms with Gasteiger partial charge in [0.25, 0.3) is 5.69 Å². The summed E-state index contributed by atoms with van der Waals surface area (Å²) in [6, 6.07) is 5.46. The molecule has 0 spiro atoms. The van der Waals surface area contributed by atoms with E-state index in [2.05, 4.69) is 5.10 Å². The number of nitro benzene ring substituents is 1. The highest BCUT2D eigenvalue weighted by molar-refractivity contribution is 5.54. The van der Waals surface area contributed by atoms with Gasteiger partial charge in [-0.25, -0.2) is 4.68 Å². The van der Waals surface area contributed by atoms with Gasteiger partial charge in [-0.3, -0.25) is 20.2 Å². The molecule has 0 N–H and O–H groups in total. The van der Waals surface area contributed by atoms with E-state index in [9.17, 15) is 20.2 Å². The topological polar surface area (TPSA) is 128 Å². The first-order valence-electron chi connectivity index (χ1n) is 4.91. The van der Waals surface area contributed by atoms with E-state index in [1.165, 1.54) is 16.8 Å². The smallest absolute Gasteiger partial charge is 0.258 e. The van der Waals surface area contributed by atoms with Crippen molar-refractivity contribution in [1.82, 2.24) is 9.78 Å². The lowest BCUT2D eigenvalue weighted by atomic mass is 10.2. The number of nitro groups is 2. The molecule has 0 fully saturated rings. The Morgan fingerprint density at radius 3 is 2.53 bits per heavy atom. The third kappa shape index (κ3) is 2.22. The lowest BCUT2D eigenvalue weighted by Crippen LogP contribution is -1.98. The molecular weight excluding hydrogens is 254 g/mol. The zero-order chi connectivity index (χ0) is 14.0. The van der Waals surface area contributed by atoms with Crippen molar-refractivity contribution in [2.45, 2.75) is 0 Å². The SMILES string of the molecule is N#Cc1cc(-n2cc([N+](=O)[O-])cn2)ccc1[N+](=O)[O-]. The first-order chi connectivity index (χ1) is 9.02. The van der Waals surface area contributed by atoms with Gasteiger partial charge in [0, 0.05) is 6.07 Å². The molecule has 9 heteroatoms. The first kappa shape index (κ1) is 12.2. The van der Waals surface area contributed by atoms with E-state index < -0.39 is 9.85 Å². The van der Waals surface area contributed by atoms with E-state index in [0.29, 0.717) is 5.69 Å². The fraction of sp³-hybridized carbons (Fsp3) is 0. The van der Waals surface area contributed by atoms with Gasteiger partial charge in [-0.05, 0) is 12.1 Å². The second kappa shape index (κ2) is 4.53. The summed E-state index contributed by atoms with van der Waals surface area (Å²) < 4.78 is 1.17. The van der Waals surface area contributed by atoms with Crippen LogP contribution in [-0.4, -0.2) is 19.6 Å². The van der Waals surface area contributed by atoms with Crippen LogP contribution >= 0.6 is 0 Å². The van der Waals surface area contributed by atoms with Crippen molar-refractivity contribution in [2.75, 3.05) is 0 Å². The van der Waals surface area contributed by atoms with Crippen molar-refractivity contribution >= 4 is 11.4 Å². The molecule has 2 aromatic rings. The fourth-order valence-corrected chi connectivity index (χ4v) is 1.46. The van der Waals surface area contributed by atoms with E-state index in [0.717, 1.165) is 18.5 Å². The van der Waals surface area contributed by atoms with E-state index in [1.54, 1.807) is 6.07 Å². The maximum atomic E-state index is 10.7. The Balaban J connectivity index is 2.49. The Morgan fingerprint density at radius 1 is 1.26 bits per heavy atom. The molecule has 0 bridgehead atoms. The van der Waals surface area contributed by atoms with E-state index in [4.69, 9.17) is 5.26 Å². The number of nitrogens with zero attached hydrogens (tertiary/aromatic N) is 5. The average molecular weight is 259 g/mol. The van der Waals surface area contributed by atoms with Crippen molar-refractivity contribution in [3.05, 3.63) is 56.4 Å².